The third kappa shape index (κ3) is 2.17. The van der Waals surface area contributed by atoms with E-state index in [9.17, 15) is 13.2 Å². The minimum absolute atomic E-state index is 0.0407. The van der Waals surface area contributed by atoms with Gasteiger partial charge in [-0.2, -0.15) is 0 Å². The lowest BCUT2D eigenvalue weighted by Gasteiger charge is -2.29. The lowest BCUT2D eigenvalue weighted by atomic mass is 9.93. The highest BCUT2D eigenvalue weighted by Crippen LogP contribution is 2.31. The highest BCUT2D eigenvalue weighted by atomic mass is 35.7. The van der Waals surface area contributed by atoms with Gasteiger partial charge in [-0.15, -0.1) is 0 Å². The predicted octanol–water partition coefficient (Wildman–Crippen LogP) is 1.77. The van der Waals surface area contributed by atoms with Crippen molar-refractivity contribution in [3.05, 3.63) is 23.8 Å². The Balaban J connectivity index is 2.55. The third-order valence-corrected chi connectivity index (χ3v) is 4.32. The van der Waals surface area contributed by atoms with Gasteiger partial charge in [-0.25, -0.2) is 8.42 Å². The van der Waals surface area contributed by atoms with Crippen molar-refractivity contribution in [2.75, 3.05) is 11.9 Å². The van der Waals surface area contributed by atoms with E-state index in [2.05, 4.69) is 0 Å². The lowest BCUT2D eigenvalue weighted by molar-refractivity contribution is -0.121. The number of benzene rings is 1. The first-order chi connectivity index (χ1) is 7.80. The molecule has 92 valence electrons. The quantitative estimate of drug-likeness (QED) is 0.733. The van der Waals surface area contributed by atoms with E-state index >= 15 is 0 Å². The standard InChI is InChI=1S/C11H12ClNO3S/c1-7-5-8-6-9(17(12,15)16)3-4-10(8)13(2)11(7)14/h3-4,6-7H,5H2,1-2H3. The maximum atomic E-state index is 11.8. The Morgan fingerprint density at radius 1 is 1.41 bits per heavy atom. The second kappa shape index (κ2) is 3.99. The van der Waals surface area contributed by atoms with Crippen molar-refractivity contribution in [1.29, 1.82) is 0 Å². The molecule has 1 heterocycles. The molecule has 0 saturated carbocycles. The summed E-state index contributed by atoms with van der Waals surface area (Å²) in [6.45, 7) is 1.82. The normalized spacial score (nSPS) is 20.3. The predicted molar refractivity (Wildman–Crippen MR) is 65.8 cm³/mol. The SMILES string of the molecule is CC1Cc2cc(S(=O)(=O)Cl)ccc2N(C)C1=O. The van der Waals surface area contributed by atoms with Gasteiger partial charge in [0.1, 0.15) is 0 Å². The second-order valence-corrected chi connectivity index (χ2v) is 6.80. The molecule has 1 aliphatic heterocycles. The summed E-state index contributed by atoms with van der Waals surface area (Å²) in [5.74, 6) is -0.0974. The van der Waals surface area contributed by atoms with Crippen molar-refractivity contribution in [2.45, 2.75) is 18.2 Å². The molecule has 1 amide bonds. The van der Waals surface area contributed by atoms with Gasteiger partial charge in [-0.1, -0.05) is 6.92 Å². The first-order valence-electron chi connectivity index (χ1n) is 5.16. The molecule has 1 aromatic rings. The van der Waals surface area contributed by atoms with Crippen molar-refractivity contribution in [3.63, 3.8) is 0 Å². The van der Waals surface area contributed by atoms with Gasteiger partial charge in [-0.05, 0) is 30.2 Å². The van der Waals surface area contributed by atoms with Gasteiger partial charge in [0.05, 0.1) is 4.90 Å². The zero-order valence-electron chi connectivity index (χ0n) is 9.47. The number of fused-ring (bicyclic) bond motifs is 1. The van der Waals surface area contributed by atoms with Crippen LogP contribution in [0.2, 0.25) is 0 Å². The summed E-state index contributed by atoms with van der Waals surface area (Å²) in [6, 6.07) is 4.58. The van der Waals surface area contributed by atoms with E-state index in [1.165, 1.54) is 12.1 Å². The van der Waals surface area contributed by atoms with E-state index in [-0.39, 0.29) is 16.7 Å². The molecule has 0 radical (unpaired) electrons. The van der Waals surface area contributed by atoms with Crippen LogP contribution in [0.25, 0.3) is 0 Å². The third-order valence-electron chi connectivity index (χ3n) is 2.97. The number of carbonyl (C=O) groups is 1. The summed E-state index contributed by atoms with van der Waals surface area (Å²) in [5.41, 5.74) is 1.58. The summed E-state index contributed by atoms with van der Waals surface area (Å²) >= 11 is 0. The fourth-order valence-electron chi connectivity index (χ4n) is 2.07. The second-order valence-electron chi connectivity index (χ2n) is 4.23. The molecule has 1 aromatic carbocycles. The molecule has 0 saturated heterocycles. The minimum Gasteiger partial charge on any atom is -0.315 e. The van der Waals surface area contributed by atoms with Crippen molar-refractivity contribution in [1.82, 2.24) is 0 Å². The Labute approximate surface area is 105 Å². The molecule has 4 nitrogen and oxygen atoms in total. The maximum absolute atomic E-state index is 11.8. The van der Waals surface area contributed by atoms with Gasteiger partial charge in [0, 0.05) is 29.3 Å². The zero-order chi connectivity index (χ0) is 12.8. The number of nitrogens with zero attached hydrogens (tertiary/aromatic N) is 1. The topological polar surface area (TPSA) is 54.5 Å². The Hall–Kier alpha value is -1.07. The largest absolute Gasteiger partial charge is 0.315 e. The molecular formula is C11H12ClNO3S. The number of anilines is 1. The summed E-state index contributed by atoms with van der Waals surface area (Å²) in [7, 11) is 3.26. The van der Waals surface area contributed by atoms with Crippen LogP contribution in [0.3, 0.4) is 0 Å². The average molecular weight is 274 g/mol. The molecular weight excluding hydrogens is 262 g/mol. The van der Waals surface area contributed by atoms with Gasteiger partial charge in [0.25, 0.3) is 9.05 Å². The van der Waals surface area contributed by atoms with E-state index in [1.54, 1.807) is 18.0 Å². The molecule has 0 spiro atoms. The van der Waals surface area contributed by atoms with Crippen LogP contribution in [-0.2, 0) is 20.3 Å². The lowest BCUT2D eigenvalue weighted by Crippen LogP contribution is -2.37. The monoisotopic (exact) mass is 273 g/mol. The summed E-state index contributed by atoms with van der Waals surface area (Å²) in [4.78, 5) is 13.4. The van der Waals surface area contributed by atoms with Crippen LogP contribution in [-0.4, -0.2) is 21.4 Å². The van der Waals surface area contributed by atoms with E-state index in [0.717, 1.165) is 11.3 Å². The van der Waals surface area contributed by atoms with Crippen LogP contribution in [0.4, 0.5) is 5.69 Å². The van der Waals surface area contributed by atoms with Crippen molar-refractivity contribution < 1.29 is 13.2 Å². The maximum Gasteiger partial charge on any atom is 0.261 e. The Morgan fingerprint density at radius 2 is 2.06 bits per heavy atom. The van der Waals surface area contributed by atoms with Gasteiger partial charge < -0.3 is 4.90 Å². The zero-order valence-corrected chi connectivity index (χ0v) is 11.0. The number of carbonyl (C=O) groups excluding carboxylic acids is 1. The fourth-order valence-corrected chi connectivity index (χ4v) is 2.87. The number of halogens is 1. The average Bonchev–Trinajstić information content (AvgIpc) is 2.24. The Bertz CT molecular complexity index is 582. The highest BCUT2D eigenvalue weighted by molar-refractivity contribution is 8.13. The van der Waals surface area contributed by atoms with Crippen LogP contribution in [0.1, 0.15) is 12.5 Å². The van der Waals surface area contributed by atoms with Crippen LogP contribution >= 0.6 is 10.7 Å². The molecule has 6 heteroatoms. The molecule has 17 heavy (non-hydrogen) atoms. The van der Waals surface area contributed by atoms with Crippen molar-refractivity contribution in [3.8, 4) is 0 Å². The fraction of sp³-hybridized carbons (Fsp3) is 0.364. The molecule has 1 unspecified atom stereocenters. The number of rotatable bonds is 1. The van der Waals surface area contributed by atoms with Gasteiger partial charge in [0.2, 0.25) is 5.91 Å². The molecule has 0 N–H and O–H groups in total. The van der Waals surface area contributed by atoms with Crippen molar-refractivity contribution >= 4 is 31.3 Å². The summed E-state index contributed by atoms with van der Waals surface area (Å²) in [5, 5.41) is 0. The van der Waals surface area contributed by atoms with Crippen LogP contribution in [0.5, 0.6) is 0 Å². The number of hydrogen-bond acceptors (Lipinski definition) is 3. The number of hydrogen-bond donors (Lipinski definition) is 0. The molecule has 1 atom stereocenters. The molecule has 2 rings (SSSR count). The Kier molecular flexibility index (Phi) is 2.91. The van der Waals surface area contributed by atoms with Gasteiger partial charge in [-0.3, -0.25) is 4.79 Å². The van der Waals surface area contributed by atoms with E-state index in [1.807, 2.05) is 6.92 Å². The van der Waals surface area contributed by atoms with Crippen LogP contribution < -0.4 is 4.90 Å². The molecule has 0 aromatic heterocycles. The van der Waals surface area contributed by atoms with E-state index in [4.69, 9.17) is 10.7 Å². The first-order valence-corrected chi connectivity index (χ1v) is 7.47. The Morgan fingerprint density at radius 3 is 2.65 bits per heavy atom. The highest BCUT2D eigenvalue weighted by Gasteiger charge is 2.28. The minimum atomic E-state index is -3.72. The van der Waals surface area contributed by atoms with Crippen LogP contribution in [0.15, 0.2) is 23.1 Å². The first kappa shape index (κ1) is 12.4. The smallest absolute Gasteiger partial charge is 0.261 e. The van der Waals surface area contributed by atoms with Gasteiger partial charge >= 0.3 is 0 Å². The van der Waals surface area contributed by atoms with E-state index in [0.29, 0.717) is 6.42 Å². The molecule has 1 aliphatic rings. The molecule has 0 aliphatic carbocycles. The number of amides is 1. The molecule has 0 fully saturated rings. The van der Waals surface area contributed by atoms with Gasteiger partial charge in [0.15, 0.2) is 0 Å². The van der Waals surface area contributed by atoms with E-state index < -0.39 is 9.05 Å². The molecule has 0 bridgehead atoms. The van der Waals surface area contributed by atoms with Crippen molar-refractivity contribution in [2.24, 2.45) is 5.92 Å². The van der Waals surface area contributed by atoms with Crippen LogP contribution in [0, 0.1) is 5.92 Å². The summed E-state index contributed by atoms with van der Waals surface area (Å²) < 4.78 is 22.5. The summed E-state index contributed by atoms with van der Waals surface area (Å²) in [6.07, 6.45) is 0.540.